The van der Waals surface area contributed by atoms with Crippen LogP contribution in [-0.4, -0.2) is 11.6 Å². The first-order valence-electron chi connectivity index (χ1n) is 11.0. The lowest BCUT2D eigenvalue weighted by atomic mass is 9.46. The minimum atomic E-state index is 0.231. The van der Waals surface area contributed by atoms with Crippen LogP contribution >= 0.6 is 0 Å². The molecular formula is C24H36O2. The summed E-state index contributed by atoms with van der Waals surface area (Å²) in [5.41, 5.74) is 1.93. The Labute approximate surface area is 159 Å². The van der Waals surface area contributed by atoms with Gasteiger partial charge in [0.2, 0.25) is 0 Å². The largest absolute Gasteiger partial charge is 0.299 e. The van der Waals surface area contributed by atoms with Crippen LogP contribution < -0.4 is 0 Å². The van der Waals surface area contributed by atoms with Crippen LogP contribution in [0.25, 0.3) is 0 Å². The molecule has 26 heavy (non-hydrogen) atoms. The Hall–Kier alpha value is -0.920. The summed E-state index contributed by atoms with van der Waals surface area (Å²) in [6.07, 6.45) is 11.7. The summed E-state index contributed by atoms with van der Waals surface area (Å²) >= 11 is 0. The summed E-state index contributed by atoms with van der Waals surface area (Å²) < 4.78 is 0. The maximum absolute atomic E-state index is 13.0. The van der Waals surface area contributed by atoms with E-state index >= 15 is 0 Å². The number of carbonyl (C=O) groups excluding carboxylic acids is 2. The number of ketones is 2. The summed E-state index contributed by atoms with van der Waals surface area (Å²) in [4.78, 5) is 24.9. The van der Waals surface area contributed by atoms with E-state index < -0.39 is 0 Å². The van der Waals surface area contributed by atoms with Crippen molar-refractivity contribution in [2.75, 3.05) is 0 Å². The van der Waals surface area contributed by atoms with Crippen LogP contribution in [0.3, 0.4) is 0 Å². The van der Waals surface area contributed by atoms with Gasteiger partial charge in [0.15, 0.2) is 5.78 Å². The third kappa shape index (κ3) is 2.66. The second kappa shape index (κ2) is 6.31. The molecule has 0 aromatic heterocycles. The smallest absolute Gasteiger partial charge is 0.155 e. The molecule has 0 aromatic rings. The van der Waals surface area contributed by atoms with E-state index in [1.807, 2.05) is 6.08 Å². The fraction of sp³-hybridized carbons (Fsp3) is 0.833. The summed E-state index contributed by atoms with van der Waals surface area (Å²) in [6, 6.07) is 0. The van der Waals surface area contributed by atoms with Crippen molar-refractivity contribution in [3.8, 4) is 0 Å². The van der Waals surface area contributed by atoms with Gasteiger partial charge in [0, 0.05) is 18.8 Å². The van der Waals surface area contributed by atoms with Gasteiger partial charge in [-0.25, -0.2) is 0 Å². The average molecular weight is 357 g/mol. The molecule has 0 N–H and O–H groups in total. The Morgan fingerprint density at radius 1 is 1.08 bits per heavy atom. The third-order valence-corrected chi connectivity index (χ3v) is 8.96. The molecular weight excluding hydrogens is 320 g/mol. The van der Waals surface area contributed by atoms with Crippen LogP contribution in [0.15, 0.2) is 11.6 Å². The number of fused-ring (bicyclic) bond motifs is 5. The van der Waals surface area contributed by atoms with E-state index in [9.17, 15) is 9.59 Å². The number of carbonyl (C=O) groups is 2. The van der Waals surface area contributed by atoms with Crippen molar-refractivity contribution < 1.29 is 9.59 Å². The zero-order valence-corrected chi connectivity index (χ0v) is 17.1. The molecule has 0 aliphatic heterocycles. The van der Waals surface area contributed by atoms with Gasteiger partial charge in [0.1, 0.15) is 5.78 Å². The quantitative estimate of drug-likeness (QED) is 0.645. The van der Waals surface area contributed by atoms with Crippen molar-refractivity contribution in [3.63, 3.8) is 0 Å². The number of hydrogen-bond donors (Lipinski definition) is 0. The highest BCUT2D eigenvalue weighted by molar-refractivity contribution is 5.91. The lowest BCUT2D eigenvalue weighted by Crippen LogP contribution is -2.51. The molecule has 0 aromatic carbocycles. The standard InChI is InChI=1S/C24H36O2/c1-15(2)13-22(26)21-8-7-19-18-6-5-16-14-17(25)9-11-23(16,3)20(18)10-12-24(19,21)4/h14-15,18-21H,5-13H2,1-4H3/t18-,19-,20-,21+,23-,24-/m0/s1. The lowest BCUT2D eigenvalue weighted by Gasteiger charge is -2.58. The van der Waals surface area contributed by atoms with E-state index in [4.69, 9.17) is 0 Å². The second-order valence-corrected chi connectivity index (χ2v) is 10.7. The van der Waals surface area contributed by atoms with Gasteiger partial charge < -0.3 is 0 Å². The van der Waals surface area contributed by atoms with Gasteiger partial charge in [0.05, 0.1) is 0 Å². The van der Waals surface area contributed by atoms with E-state index in [-0.39, 0.29) is 10.8 Å². The molecule has 0 amide bonds. The highest BCUT2D eigenvalue weighted by Crippen LogP contribution is 2.66. The molecule has 3 fully saturated rings. The fourth-order valence-corrected chi connectivity index (χ4v) is 7.63. The molecule has 2 nitrogen and oxygen atoms in total. The maximum Gasteiger partial charge on any atom is 0.155 e. The molecule has 0 radical (unpaired) electrons. The van der Waals surface area contributed by atoms with E-state index in [1.54, 1.807) is 0 Å². The Morgan fingerprint density at radius 3 is 2.58 bits per heavy atom. The molecule has 144 valence electrons. The number of allylic oxidation sites excluding steroid dienone is 1. The average Bonchev–Trinajstić information content (AvgIpc) is 2.92. The van der Waals surface area contributed by atoms with E-state index in [0.717, 1.165) is 49.9 Å². The van der Waals surface area contributed by atoms with Gasteiger partial charge >= 0.3 is 0 Å². The minimum absolute atomic E-state index is 0.231. The summed E-state index contributed by atoms with van der Waals surface area (Å²) in [5, 5.41) is 0. The Kier molecular flexibility index (Phi) is 4.48. The summed E-state index contributed by atoms with van der Waals surface area (Å²) in [6.45, 7) is 9.23. The van der Waals surface area contributed by atoms with Crippen LogP contribution in [0.2, 0.25) is 0 Å². The zero-order chi connectivity index (χ0) is 18.7. The molecule has 2 heteroatoms. The first-order valence-corrected chi connectivity index (χ1v) is 11.0. The van der Waals surface area contributed by atoms with E-state index in [0.29, 0.717) is 23.4 Å². The van der Waals surface area contributed by atoms with Crippen molar-refractivity contribution in [2.45, 2.75) is 85.5 Å². The first kappa shape index (κ1) is 18.4. The van der Waals surface area contributed by atoms with Gasteiger partial charge in [-0.15, -0.1) is 0 Å². The van der Waals surface area contributed by atoms with Crippen LogP contribution in [0, 0.1) is 40.4 Å². The third-order valence-electron chi connectivity index (χ3n) is 8.96. The predicted molar refractivity (Wildman–Crippen MR) is 105 cm³/mol. The highest BCUT2D eigenvalue weighted by Gasteiger charge is 2.59. The van der Waals surface area contributed by atoms with Gasteiger partial charge in [-0.05, 0) is 85.5 Å². The number of Topliss-reactive ketones (excluding diaryl/α,β-unsaturated/α-hetero) is 1. The molecule has 4 aliphatic rings. The molecule has 4 aliphatic carbocycles. The van der Waals surface area contributed by atoms with Gasteiger partial charge in [-0.3, -0.25) is 9.59 Å². The minimum Gasteiger partial charge on any atom is -0.299 e. The normalized spacial score (nSPS) is 45.0. The van der Waals surface area contributed by atoms with Crippen LogP contribution in [0.5, 0.6) is 0 Å². The number of rotatable bonds is 3. The molecule has 0 saturated heterocycles. The first-order chi connectivity index (χ1) is 12.3. The van der Waals surface area contributed by atoms with Crippen LogP contribution in [0.4, 0.5) is 0 Å². The van der Waals surface area contributed by atoms with Crippen molar-refractivity contribution in [1.29, 1.82) is 0 Å². The molecule has 0 spiro atoms. The molecule has 0 bridgehead atoms. The molecule has 6 atom stereocenters. The van der Waals surface area contributed by atoms with Crippen LogP contribution in [0.1, 0.15) is 85.5 Å². The van der Waals surface area contributed by atoms with Crippen molar-refractivity contribution in [3.05, 3.63) is 11.6 Å². The Bertz CT molecular complexity index is 645. The van der Waals surface area contributed by atoms with Gasteiger partial charge in [0.25, 0.3) is 0 Å². The highest BCUT2D eigenvalue weighted by atomic mass is 16.1. The van der Waals surface area contributed by atoms with Crippen molar-refractivity contribution in [1.82, 2.24) is 0 Å². The molecule has 4 rings (SSSR count). The molecule has 0 unspecified atom stereocenters. The van der Waals surface area contributed by atoms with Crippen LogP contribution in [-0.2, 0) is 9.59 Å². The monoisotopic (exact) mass is 356 g/mol. The lowest BCUT2D eigenvalue weighted by molar-refractivity contribution is -0.131. The van der Waals surface area contributed by atoms with Crippen molar-refractivity contribution in [2.24, 2.45) is 40.4 Å². The van der Waals surface area contributed by atoms with Gasteiger partial charge in [-0.2, -0.15) is 0 Å². The SMILES string of the molecule is CC(C)CC(=O)[C@H]1CC[C@H]2[C@@H]3CCC4=CC(=O)CC[C@]4(C)[C@H]3CC[C@]12C. The van der Waals surface area contributed by atoms with Gasteiger partial charge in [-0.1, -0.05) is 33.3 Å². The molecule has 0 heterocycles. The summed E-state index contributed by atoms with van der Waals surface area (Å²) in [5.74, 6) is 3.87. The Balaban J connectivity index is 1.59. The number of hydrogen-bond acceptors (Lipinski definition) is 2. The topological polar surface area (TPSA) is 34.1 Å². The molecule has 3 saturated carbocycles. The van der Waals surface area contributed by atoms with E-state index in [2.05, 4.69) is 27.7 Å². The maximum atomic E-state index is 13.0. The zero-order valence-electron chi connectivity index (χ0n) is 17.1. The summed E-state index contributed by atoms with van der Waals surface area (Å²) in [7, 11) is 0. The van der Waals surface area contributed by atoms with E-state index in [1.165, 1.54) is 31.3 Å². The van der Waals surface area contributed by atoms with Crippen molar-refractivity contribution >= 4 is 11.6 Å². The fourth-order valence-electron chi connectivity index (χ4n) is 7.63. The predicted octanol–water partition coefficient (Wildman–Crippen LogP) is 5.75. The second-order valence-electron chi connectivity index (χ2n) is 10.7. The Morgan fingerprint density at radius 2 is 1.85 bits per heavy atom.